The molecule has 0 amide bonds. The molecule has 0 spiro atoms. The zero-order valence-electron chi connectivity index (χ0n) is 11.4. The number of aliphatic hydroxyl groups is 1. The predicted octanol–water partition coefficient (Wildman–Crippen LogP) is 0.370. The third-order valence-electron chi connectivity index (χ3n) is 3.89. The van der Waals surface area contributed by atoms with Crippen LogP contribution in [0.1, 0.15) is 6.42 Å². The molecule has 0 aliphatic heterocycles. The van der Waals surface area contributed by atoms with E-state index >= 15 is 0 Å². The van der Waals surface area contributed by atoms with Gasteiger partial charge in [0.2, 0.25) is 5.79 Å². The van der Waals surface area contributed by atoms with Crippen LogP contribution in [0.5, 0.6) is 0 Å². The van der Waals surface area contributed by atoms with E-state index in [0.29, 0.717) is 17.8 Å². The molecule has 0 fully saturated rings. The van der Waals surface area contributed by atoms with Crippen molar-refractivity contribution in [3.63, 3.8) is 0 Å². The van der Waals surface area contributed by atoms with Crippen LogP contribution in [0.4, 0.5) is 0 Å². The van der Waals surface area contributed by atoms with Gasteiger partial charge in [0, 0.05) is 19.8 Å². The highest BCUT2D eigenvalue weighted by Gasteiger charge is 2.67. The van der Waals surface area contributed by atoms with E-state index in [1.165, 1.54) is 34.5 Å². The third-order valence-corrected chi connectivity index (χ3v) is 3.89. The Bertz CT molecular complexity index is 448. The normalized spacial score (nSPS) is 31.5. The predicted molar refractivity (Wildman–Crippen MR) is 65.0 cm³/mol. The van der Waals surface area contributed by atoms with Gasteiger partial charge in [0.25, 0.3) is 0 Å². The van der Waals surface area contributed by atoms with Gasteiger partial charge in [0.15, 0.2) is 5.60 Å². The molecule has 2 bridgehead atoms. The van der Waals surface area contributed by atoms with Crippen molar-refractivity contribution in [2.75, 3.05) is 28.4 Å². The number of esters is 1. The minimum atomic E-state index is -1.64. The van der Waals surface area contributed by atoms with Crippen LogP contribution < -0.4 is 0 Å². The van der Waals surface area contributed by atoms with Gasteiger partial charge in [-0.2, -0.15) is 0 Å². The molecule has 0 unspecified atom stereocenters. The number of rotatable bonds is 4. The van der Waals surface area contributed by atoms with E-state index in [2.05, 4.69) is 0 Å². The molecule has 0 aromatic carbocycles. The molecule has 2 aliphatic carbocycles. The van der Waals surface area contributed by atoms with Crippen LogP contribution in [-0.2, 0) is 23.7 Å². The first-order chi connectivity index (χ1) is 9.00. The monoisotopic (exact) mass is 270 g/mol. The molecule has 2 aliphatic rings. The first kappa shape index (κ1) is 14.0. The Labute approximate surface area is 111 Å². The lowest BCUT2D eigenvalue weighted by Crippen LogP contribution is -2.60. The second-order valence-electron chi connectivity index (χ2n) is 4.49. The number of hydrogen-bond acceptors (Lipinski definition) is 6. The molecule has 106 valence electrons. The van der Waals surface area contributed by atoms with Gasteiger partial charge in [-0.1, -0.05) is 0 Å². The fourth-order valence-electron chi connectivity index (χ4n) is 3.04. The van der Waals surface area contributed by atoms with Crippen molar-refractivity contribution in [3.05, 3.63) is 23.5 Å². The summed E-state index contributed by atoms with van der Waals surface area (Å²) in [4.78, 5) is 11.8. The molecule has 19 heavy (non-hydrogen) atoms. The average Bonchev–Trinajstić information content (AvgIpc) is 2.57. The minimum absolute atomic E-state index is 0.298. The van der Waals surface area contributed by atoms with Gasteiger partial charge in [-0.3, -0.25) is 0 Å². The molecule has 0 aromatic heterocycles. The summed E-state index contributed by atoms with van der Waals surface area (Å²) < 4.78 is 20.8. The standard InChI is InChI=1S/C13H18O6/c1-16-10-6-5-9-8(11(14)17-2)7-12(10,15)13(9,18-3)19-4/h6-7,9,15H,5H2,1-4H3/t9-,12+/m1/s1. The summed E-state index contributed by atoms with van der Waals surface area (Å²) in [5, 5.41) is 10.9. The Morgan fingerprint density at radius 2 is 1.95 bits per heavy atom. The second kappa shape index (κ2) is 4.63. The second-order valence-corrected chi connectivity index (χ2v) is 4.49. The number of ether oxygens (including phenoxy) is 4. The van der Waals surface area contributed by atoms with Crippen LogP contribution in [0.3, 0.4) is 0 Å². The number of methoxy groups -OCH3 is 4. The molecule has 0 aromatic rings. The first-order valence-corrected chi connectivity index (χ1v) is 5.89. The van der Waals surface area contributed by atoms with Crippen molar-refractivity contribution in [2.24, 2.45) is 5.92 Å². The van der Waals surface area contributed by atoms with E-state index in [4.69, 9.17) is 18.9 Å². The zero-order valence-corrected chi connectivity index (χ0v) is 11.4. The van der Waals surface area contributed by atoms with Gasteiger partial charge in [0.05, 0.1) is 20.1 Å². The maximum absolute atomic E-state index is 11.8. The molecule has 0 radical (unpaired) electrons. The molecular formula is C13H18O6. The quantitative estimate of drug-likeness (QED) is 0.587. The van der Waals surface area contributed by atoms with Crippen LogP contribution in [0.25, 0.3) is 0 Å². The van der Waals surface area contributed by atoms with Crippen LogP contribution in [0, 0.1) is 5.92 Å². The largest absolute Gasteiger partial charge is 0.498 e. The molecule has 2 rings (SSSR count). The third kappa shape index (κ3) is 1.57. The van der Waals surface area contributed by atoms with E-state index in [1.807, 2.05) is 0 Å². The summed E-state index contributed by atoms with van der Waals surface area (Å²) in [5.41, 5.74) is -1.31. The topological polar surface area (TPSA) is 74.2 Å². The highest BCUT2D eigenvalue weighted by Crippen LogP contribution is 2.54. The van der Waals surface area contributed by atoms with Crippen molar-refractivity contribution in [1.29, 1.82) is 0 Å². The van der Waals surface area contributed by atoms with Crippen molar-refractivity contribution in [1.82, 2.24) is 0 Å². The van der Waals surface area contributed by atoms with Gasteiger partial charge >= 0.3 is 5.97 Å². The van der Waals surface area contributed by atoms with E-state index < -0.39 is 23.3 Å². The smallest absolute Gasteiger partial charge is 0.334 e. The van der Waals surface area contributed by atoms with Crippen LogP contribution in [0.15, 0.2) is 23.5 Å². The molecule has 1 N–H and O–H groups in total. The van der Waals surface area contributed by atoms with Gasteiger partial charge in [-0.05, 0) is 18.6 Å². The first-order valence-electron chi connectivity index (χ1n) is 5.89. The molecule has 6 heteroatoms. The summed E-state index contributed by atoms with van der Waals surface area (Å²) in [6, 6.07) is 0. The zero-order chi connectivity index (χ0) is 14.3. The molecule has 0 saturated carbocycles. The lowest BCUT2D eigenvalue weighted by Gasteiger charge is -2.45. The Kier molecular flexibility index (Phi) is 3.42. The van der Waals surface area contributed by atoms with Gasteiger partial charge in [-0.25, -0.2) is 4.79 Å². The van der Waals surface area contributed by atoms with Crippen molar-refractivity contribution in [3.8, 4) is 0 Å². The summed E-state index contributed by atoms with van der Waals surface area (Å²) in [7, 11) is 5.59. The van der Waals surface area contributed by atoms with E-state index in [1.54, 1.807) is 6.08 Å². The van der Waals surface area contributed by atoms with Crippen LogP contribution in [-0.4, -0.2) is 50.9 Å². The van der Waals surface area contributed by atoms with E-state index in [0.717, 1.165) is 0 Å². The summed E-state index contributed by atoms with van der Waals surface area (Å²) in [5.74, 6) is -2.04. The highest BCUT2D eigenvalue weighted by atomic mass is 16.7. The SMILES string of the molecule is COC(=O)C1=C[C@]2(O)C(OC)=CC[C@H]1C2(OC)OC. The number of carbonyl (C=O) groups is 1. The van der Waals surface area contributed by atoms with Gasteiger partial charge in [0.1, 0.15) is 5.76 Å². The molecule has 0 saturated heterocycles. The van der Waals surface area contributed by atoms with Crippen molar-refractivity contribution < 1.29 is 28.8 Å². The number of carbonyl (C=O) groups excluding carboxylic acids is 1. The lowest BCUT2D eigenvalue weighted by molar-refractivity contribution is -0.299. The Morgan fingerprint density at radius 1 is 1.32 bits per heavy atom. The number of fused-ring (bicyclic) bond motifs is 2. The van der Waals surface area contributed by atoms with Crippen molar-refractivity contribution >= 4 is 5.97 Å². The maximum atomic E-state index is 11.8. The number of allylic oxidation sites excluding steroid dienone is 1. The fraction of sp³-hybridized carbons (Fsp3) is 0.615. The Hall–Kier alpha value is -1.37. The van der Waals surface area contributed by atoms with E-state index in [9.17, 15) is 9.90 Å². The minimum Gasteiger partial charge on any atom is -0.498 e. The summed E-state index contributed by atoms with van der Waals surface area (Å²) >= 11 is 0. The molecule has 0 heterocycles. The molecule has 6 nitrogen and oxygen atoms in total. The maximum Gasteiger partial charge on any atom is 0.334 e. The molecule has 2 atom stereocenters. The summed E-state index contributed by atoms with van der Waals surface area (Å²) in [6.07, 6.45) is 3.58. The van der Waals surface area contributed by atoms with Gasteiger partial charge < -0.3 is 24.1 Å². The van der Waals surface area contributed by atoms with Gasteiger partial charge in [-0.15, -0.1) is 0 Å². The Morgan fingerprint density at radius 3 is 2.42 bits per heavy atom. The van der Waals surface area contributed by atoms with Crippen LogP contribution in [0.2, 0.25) is 0 Å². The highest BCUT2D eigenvalue weighted by molar-refractivity contribution is 5.91. The molecular weight excluding hydrogens is 252 g/mol. The number of hydrogen-bond donors (Lipinski definition) is 1. The summed E-state index contributed by atoms with van der Waals surface area (Å²) in [6.45, 7) is 0. The van der Waals surface area contributed by atoms with Crippen molar-refractivity contribution in [2.45, 2.75) is 17.8 Å². The van der Waals surface area contributed by atoms with Crippen LogP contribution >= 0.6 is 0 Å². The fourth-order valence-corrected chi connectivity index (χ4v) is 3.04. The Balaban J connectivity index is 2.58. The average molecular weight is 270 g/mol. The van der Waals surface area contributed by atoms with E-state index in [-0.39, 0.29) is 0 Å². The lowest BCUT2D eigenvalue weighted by atomic mass is 9.80.